The van der Waals surface area contributed by atoms with E-state index in [4.69, 9.17) is 9.84 Å². The van der Waals surface area contributed by atoms with Crippen molar-refractivity contribution in [3.8, 4) is 22.4 Å². The molecule has 0 amide bonds. The number of benzene rings is 5. The van der Waals surface area contributed by atoms with Crippen LogP contribution in [0.15, 0.2) is 152 Å². The maximum Gasteiger partial charge on any atom is 0.338 e. The number of hydrogen-bond acceptors (Lipinski definition) is 3. The molecule has 0 unspecified atom stereocenters. The van der Waals surface area contributed by atoms with Crippen molar-refractivity contribution in [2.45, 2.75) is 5.54 Å². The van der Waals surface area contributed by atoms with Crippen molar-refractivity contribution in [2.75, 3.05) is 7.11 Å². The summed E-state index contributed by atoms with van der Waals surface area (Å²) < 4.78 is 7.19. The number of aromatic nitrogens is 2. The molecular weight excluding hydrogens is 492 g/mol. The Bertz CT molecular complexity index is 1630. The molecule has 1 heterocycles. The van der Waals surface area contributed by atoms with Gasteiger partial charge >= 0.3 is 5.97 Å². The van der Waals surface area contributed by atoms with Gasteiger partial charge in [-0.05, 0) is 39.9 Å². The molecule has 5 aromatic carbocycles. The zero-order valence-electron chi connectivity index (χ0n) is 22.1. The van der Waals surface area contributed by atoms with E-state index in [0.717, 1.165) is 39.1 Å². The van der Waals surface area contributed by atoms with Crippen molar-refractivity contribution in [2.24, 2.45) is 0 Å². The minimum Gasteiger partial charge on any atom is -0.465 e. The molecule has 0 bridgehead atoms. The highest BCUT2D eigenvalue weighted by Gasteiger charge is 2.39. The van der Waals surface area contributed by atoms with Gasteiger partial charge in [0.2, 0.25) is 0 Å². The van der Waals surface area contributed by atoms with E-state index in [0.29, 0.717) is 5.56 Å². The predicted octanol–water partition coefficient (Wildman–Crippen LogP) is 7.84. The first kappa shape index (κ1) is 25.1. The van der Waals surface area contributed by atoms with Crippen molar-refractivity contribution in [1.82, 2.24) is 9.78 Å². The summed E-state index contributed by atoms with van der Waals surface area (Å²) in [5.41, 5.74) is 6.45. The maximum atomic E-state index is 12.9. The number of ether oxygens (including phenoxy) is 1. The Morgan fingerprint density at radius 2 is 1.12 bits per heavy atom. The Kier molecular flexibility index (Phi) is 6.82. The molecule has 0 N–H and O–H groups in total. The molecule has 4 heteroatoms. The number of hydrogen-bond donors (Lipinski definition) is 0. The molecule has 0 aliphatic carbocycles. The summed E-state index contributed by atoms with van der Waals surface area (Å²) in [6.45, 7) is 0. The van der Waals surface area contributed by atoms with E-state index in [2.05, 4.69) is 72.8 Å². The monoisotopic (exact) mass is 520 g/mol. The maximum absolute atomic E-state index is 12.9. The summed E-state index contributed by atoms with van der Waals surface area (Å²) in [6, 6.07) is 49.0. The number of nitrogens with zero attached hydrogens (tertiary/aromatic N) is 2. The van der Waals surface area contributed by atoms with E-state index < -0.39 is 5.54 Å². The van der Waals surface area contributed by atoms with Crippen molar-refractivity contribution in [3.05, 3.63) is 174 Å². The van der Waals surface area contributed by atoms with Gasteiger partial charge in [0.25, 0.3) is 0 Å². The standard InChI is InChI=1S/C36H28N2O2/c1-40-35(39)33-26-28(22-23-32(33)27-14-6-2-7-15-27)34-24-25-38(37-34)36(29-16-8-3-9-17-29,30-18-10-4-11-19-30)31-20-12-5-13-21-31/h2-26H,1H3. The van der Waals surface area contributed by atoms with Crippen molar-refractivity contribution >= 4 is 5.97 Å². The number of carbonyl (C=O) groups is 1. The normalized spacial score (nSPS) is 11.2. The quantitative estimate of drug-likeness (QED) is 0.159. The smallest absolute Gasteiger partial charge is 0.338 e. The number of esters is 1. The molecule has 0 fully saturated rings. The van der Waals surface area contributed by atoms with Crippen LogP contribution in [0, 0.1) is 0 Å². The summed E-state index contributed by atoms with van der Waals surface area (Å²) >= 11 is 0. The zero-order valence-corrected chi connectivity index (χ0v) is 22.1. The Balaban J connectivity index is 1.55. The first-order valence-electron chi connectivity index (χ1n) is 13.2. The lowest BCUT2D eigenvalue weighted by atomic mass is 9.77. The van der Waals surface area contributed by atoms with E-state index in [9.17, 15) is 4.79 Å². The van der Waals surface area contributed by atoms with Gasteiger partial charge in [0.05, 0.1) is 18.4 Å². The molecule has 0 aliphatic rings. The fourth-order valence-corrected chi connectivity index (χ4v) is 5.45. The molecule has 194 valence electrons. The molecule has 0 spiro atoms. The van der Waals surface area contributed by atoms with Gasteiger partial charge in [-0.3, -0.25) is 4.68 Å². The molecular formula is C36H28N2O2. The molecule has 0 radical (unpaired) electrons. The Hall–Kier alpha value is -5.22. The van der Waals surface area contributed by atoms with E-state index in [-0.39, 0.29) is 5.97 Å². The highest BCUT2D eigenvalue weighted by atomic mass is 16.5. The second-order valence-electron chi connectivity index (χ2n) is 9.57. The molecule has 0 saturated carbocycles. The minimum atomic E-state index is -0.711. The van der Waals surface area contributed by atoms with Crippen LogP contribution in [0.25, 0.3) is 22.4 Å². The minimum absolute atomic E-state index is 0.382. The van der Waals surface area contributed by atoms with Crippen molar-refractivity contribution < 1.29 is 9.53 Å². The zero-order chi connectivity index (χ0) is 27.4. The Labute approximate surface area is 234 Å². The second-order valence-corrected chi connectivity index (χ2v) is 9.57. The number of carbonyl (C=O) groups excluding carboxylic acids is 1. The average molecular weight is 521 g/mol. The highest BCUT2D eigenvalue weighted by Crippen LogP contribution is 2.41. The van der Waals surface area contributed by atoms with Gasteiger partial charge < -0.3 is 4.74 Å². The van der Waals surface area contributed by atoms with Gasteiger partial charge in [0, 0.05) is 11.8 Å². The van der Waals surface area contributed by atoms with Gasteiger partial charge in [-0.15, -0.1) is 0 Å². The van der Waals surface area contributed by atoms with Crippen LogP contribution in [0.3, 0.4) is 0 Å². The second kappa shape index (κ2) is 10.9. The molecule has 1 aromatic heterocycles. The summed E-state index contributed by atoms with van der Waals surface area (Å²) in [6.07, 6.45) is 2.02. The molecule has 6 rings (SSSR count). The van der Waals surface area contributed by atoms with E-state index >= 15 is 0 Å². The van der Waals surface area contributed by atoms with Crippen LogP contribution in [-0.2, 0) is 10.3 Å². The molecule has 0 atom stereocenters. The van der Waals surface area contributed by atoms with Gasteiger partial charge in [-0.25, -0.2) is 4.79 Å². The van der Waals surface area contributed by atoms with Crippen LogP contribution in [0.4, 0.5) is 0 Å². The third-order valence-corrected chi connectivity index (χ3v) is 7.31. The van der Waals surface area contributed by atoms with Crippen LogP contribution in [0.5, 0.6) is 0 Å². The Morgan fingerprint density at radius 1 is 0.625 bits per heavy atom. The van der Waals surface area contributed by atoms with E-state index in [1.807, 2.05) is 83.7 Å². The lowest BCUT2D eigenvalue weighted by Gasteiger charge is -2.36. The lowest BCUT2D eigenvalue weighted by molar-refractivity contribution is 0.0601. The third-order valence-electron chi connectivity index (χ3n) is 7.31. The molecule has 0 saturated heterocycles. The molecule has 4 nitrogen and oxygen atoms in total. The van der Waals surface area contributed by atoms with E-state index in [1.165, 1.54) is 7.11 Å². The first-order valence-corrected chi connectivity index (χ1v) is 13.2. The van der Waals surface area contributed by atoms with Gasteiger partial charge in [0.15, 0.2) is 0 Å². The topological polar surface area (TPSA) is 44.1 Å². The SMILES string of the molecule is COC(=O)c1cc(-c2ccn(C(c3ccccc3)(c3ccccc3)c3ccccc3)n2)ccc1-c1ccccc1. The van der Waals surface area contributed by atoms with Gasteiger partial charge in [-0.2, -0.15) is 5.10 Å². The summed E-state index contributed by atoms with van der Waals surface area (Å²) in [7, 11) is 1.41. The van der Waals surface area contributed by atoms with Crippen molar-refractivity contribution in [1.29, 1.82) is 0 Å². The highest BCUT2D eigenvalue weighted by molar-refractivity contribution is 5.98. The summed E-state index contributed by atoms with van der Waals surface area (Å²) in [5.74, 6) is -0.382. The fraction of sp³-hybridized carbons (Fsp3) is 0.0556. The van der Waals surface area contributed by atoms with Crippen LogP contribution in [0.1, 0.15) is 27.0 Å². The lowest BCUT2D eigenvalue weighted by Crippen LogP contribution is -2.38. The van der Waals surface area contributed by atoms with Gasteiger partial charge in [0.1, 0.15) is 5.54 Å². The third kappa shape index (κ3) is 4.40. The van der Waals surface area contributed by atoms with Crippen LogP contribution in [0.2, 0.25) is 0 Å². The molecule has 40 heavy (non-hydrogen) atoms. The molecule has 6 aromatic rings. The number of methoxy groups -OCH3 is 1. The van der Waals surface area contributed by atoms with Crippen LogP contribution < -0.4 is 0 Å². The fourth-order valence-electron chi connectivity index (χ4n) is 5.45. The van der Waals surface area contributed by atoms with Crippen molar-refractivity contribution in [3.63, 3.8) is 0 Å². The average Bonchev–Trinajstić information content (AvgIpc) is 3.53. The predicted molar refractivity (Wildman–Crippen MR) is 159 cm³/mol. The molecule has 0 aliphatic heterocycles. The van der Waals surface area contributed by atoms with Crippen LogP contribution >= 0.6 is 0 Å². The first-order chi connectivity index (χ1) is 19.7. The Morgan fingerprint density at radius 3 is 1.62 bits per heavy atom. The summed E-state index contributed by atoms with van der Waals surface area (Å²) in [5, 5.41) is 5.18. The van der Waals surface area contributed by atoms with Crippen LogP contribution in [-0.4, -0.2) is 22.9 Å². The summed E-state index contributed by atoms with van der Waals surface area (Å²) in [4.78, 5) is 12.9. The number of rotatable bonds is 7. The van der Waals surface area contributed by atoms with E-state index in [1.54, 1.807) is 0 Å². The largest absolute Gasteiger partial charge is 0.465 e. The van der Waals surface area contributed by atoms with Gasteiger partial charge in [-0.1, -0.05) is 133 Å².